The van der Waals surface area contributed by atoms with E-state index in [-0.39, 0.29) is 11.4 Å². The van der Waals surface area contributed by atoms with Crippen molar-refractivity contribution in [3.05, 3.63) is 88.6 Å². The maximum atomic E-state index is 6.50. The lowest BCUT2D eigenvalue weighted by Crippen LogP contribution is -2.20. The van der Waals surface area contributed by atoms with Gasteiger partial charge in [0.05, 0.1) is 0 Å². The summed E-state index contributed by atoms with van der Waals surface area (Å²) in [7, 11) is 0. The molecule has 5 rings (SSSR count). The van der Waals surface area contributed by atoms with Crippen molar-refractivity contribution in [3.63, 3.8) is 0 Å². The zero-order chi connectivity index (χ0) is 21.8. The van der Waals surface area contributed by atoms with Crippen LogP contribution >= 0.6 is 11.6 Å². The normalized spacial score (nSPS) is 15.5. The fourth-order valence-corrected chi connectivity index (χ4v) is 3.79. The summed E-state index contributed by atoms with van der Waals surface area (Å²) < 4.78 is 7.98. The number of aromatic nitrogens is 4. The third-order valence-corrected chi connectivity index (χ3v) is 5.39. The van der Waals surface area contributed by atoms with Crippen molar-refractivity contribution >= 4 is 22.8 Å². The number of fused-ring (bicyclic) bond motifs is 1. The molecule has 5 nitrogen and oxygen atoms in total. The Hall–Kier alpha value is -3.64. The van der Waals surface area contributed by atoms with Gasteiger partial charge in [-0.05, 0) is 55.4 Å². The Morgan fingerprint density at radius 3 is 2.16 bits per heavy atom. The number of hydrogen-bond donors (Lipinski definition) is 0. The van der Waals surface area contributed by atoms with Gasteiger partial charge in [0, 0.05) is 17.7 Å². The van der Waals surface area contributed by atoms with Gasteiger partial charge in [0.15, 0.2) is 16.6 Å². The lowest BCUT2D eigenvalue weighted by atomic mass is 10.2. The van der Waals surface area contributed by atoms with E-state index in [1.54, 1.807) is 0 Å². The predicted octanol–water partition coefficient (Wildman–Crippen LogP) is 4.98. The molecule has 0 aliphatic carbocycles. The predicted molar refractivity (Wildman–Crippen MR) is 124 cm³/mol. The second-order valence-corrected chi connectivity index (χ2v) is 7.73. The maximum absolute atomic E-state index is 6.50. The number of hydrogen-bond acceptors (Lipinski definition) is 4. The van der Waals surface area contributed by atoms with Crippen LogP contribution in [0, 0.1) is 23.7 Å². The Balaban J connectivity index is 1.63. The van der Waals surface area contributed by atoms with Gasteiger partial charge in [-0.25, -0.2) is 15.0 Å². The van der Waals surface area contributed by atoms with Crippen LogP contribution in [0.25, 0.3) is 11.2 Å². The Kier molecular flexibility index (Phi) is 5.85. The summed E-state index contributed by atoms with van der Waals surface area (Å²) in [6.45, 7) is 0.690. The molecule has 4 aromatic rings. The van der Waals surface area contributed by atoms with E-state index in [9.17, 15) is 0 Å². The number of benzene rings is 2. The van der Waals surface area contributed by atoms with Crippen LogP contribution in [0.1, 0.15) is 48.3 Å². The lowest BCUT2D eigenvalue weighted by molar-refractivity contribution is -0.0302. The Labute approximate surface area is 191 Å². The molecule has 0 saturated carbocycles. The zero-order valence-corrected chi connectivity index (χ0v) is 18.0. The number of nitrogens with zero attached hydrogens (tertiary/aromatic N) is 4. The van der Waals surface area contributed by atoms with E-state index in [0.717, 1.165) is 30.4 Å². The average molecular weight is 439 g/mol. The molecule has 0 N–H and O–H groups in total. The molecule has 0 amide bonds. The summed E-state index contributed by atoms with van der Waals surface area (Å²) in [5.74, 6) is 13.3. The third-order valence-electron chi connectivity index (χ3n) is 5.13. The molecule has 1 fully saturated rings. The van der Waals surface area contributed by atoms with Gasteiger partial charge in [-0.3, -0.25) is 4.57 Å². The van der Waals surface area contributed by atoms with E-state index in [1.165, 1.54) is 0 Å². The highest BCUT2D eigenvalue weighted by Crippen LogP contribution is 2.29. The highest BCUT2D eigenvalue weighted by molar-refractivity contribution is 6.33. The van der Waals surface area contributed by atoms with Crippen molar-refractivity contribution in [1.29, 1.82) is 0 Å². The van der Waals surface area contributed by atoms with Gasteiger partial charge in [-0.2, -0.15) is 0 Å². The molecule has 3 heterocycles. The highest BCUT2D eigenvalue weighted by Gasteiger charge is 2.24. The van der Waals surface area contributed by atoms with Gasteiger partial charge in [-0.1, -0.05) is 59.8 Å². The SMILES string of the molecule is Clc1nc(C#Cc2ccccc2)nc2c1nc(C#Cc1ccccc1)n2C1CCCCO1. The Morgan fingerprint density at radius 1 is 0.812 bits per heavy atom. The zero-order valence-electron chi connectivity index (χ0n) is 17.3. The van der Waals surface area contributed by atoms with E-state index >= 15 is 0 Å². The van der Waals surface area contributed by atoms with Crippen LogP contribution in [0.4, 0.5) is 0 Å². The molecular weight excluding hydrogens is 420 g/mol. The van der Waals surface area contributed by atoms with Crippen molar-refractivity contribution < 1.29 is 4.74 Å². The van der Waals surface area contributed by atoms with Gasteiger partial charge >= 0.3 is 0 Å². The van der Waals surface area contributed by atoms with Crippen molar-refractivity contribution in [3.8, 4) is 23.7 Å². The van der Waals surface area contributed by atoms with Crippen LogP contribution in [-0.2, 0) is 4.74 Å². The molecule has 2 aromatic heterocycles. The summed E-state index contributed by atoms with van der Waals surface area (Å²) in [5.41, 5.74) is 2.88. The van der Waals surface area contributed by atoms with Crippen molar-refractivity contribution in [2.75, 3.05) is 6.61 Å². The number of rotatable bonds is 1. The minimum Gasteiger partial charge on any atom is -0.358 e. The topological polar surface area (TPSA) is 52.8 Å². The molecule has 1 atom stereocenters. The first kappa shape index (κ1) is 20.3. The van der Waals surface area contributed by atoms with Gasteiger partial charge < -0.3 is 4.74 Å². The number of imidazole rings is 1. The van der Waals surface area contributed by atoms with E-state index < -0.39 is 0 Å². The van der Waals surface area contributed by atoms with E-state index in [2.05, 4.69) is 38.6 Å². The second-order valence-electron chi connectivity index (χ2n) is 7.37. The fourth-order valence-electron chi connectivity index (χ4n) is 3.58. The minimum atomic E-state index is -0.199. The van der Waals surface area contributed by atoms with E-state index in [1.807, 2.05) is 65.2 Å². The number of halogens is 1. The summed E-state index contributed by atoms with van der Waals surface area (Å²) in [6, 6.07) is 19.5. The largest absolute Gasteiger partial charge is 0.358 e. The molecule has 2 aromatic carbocycles. The molecule has 156 valence electrons. The molecule has 0 bridgehead atoms. The third kappa shape index (κ3) is 4.36. The fraction of sp³-hybridized carbons (Fsp3) is 0.192. The van der Waals surface area contributed by atoms with Crippen molar-refractivity contribution in [2.45, 2.75) is 25.5 Å². The highest BCUT2D eigenvalue weighted by atomic mass is 35.5. The summed E-state index contributed by atoms with van der Waals surface area (Å²) in [5, 5.41) is 0.254. The molecule has 1 unspecified atom stereocenters. The molecule has 32 heavy (non-hydrogen) atoms. The monoisotopic (exact) mass is 438 g/mol. The van der Waals surface area contributed by atoms with Crippen LogP contribution in [0.5, 0.6) is 0 Å². The molecule has 0 radical (unpaired) electrons. The van der Waals surface area contributed by atoms with Crippen molar-refractivity contribution in [2.24, 2.45) is 0 Å². The molecule has 1 saturated heterocycles. The van der Waals surface area contributed by atoms with E-state index in [4.69, 9.17) is 16.3 Å². The summed E-state index contributed by atoms with van der Waals surface area (Å²) in [6.07, 6.45) is 2.76. The Morgan fingerprint density at radius 2 is 1.50 bits per heavy atom. The lowest BCUT2D eigenvalue weighted by Gasteiger charge is -2.24. The molecular formula is C26H19ClN4O. The quantitative estimate of drug-likeness (QED) is 0.311. The maximum Gasteiger partial charge on any atom is 0.208 e. The first-order valence-corrected chi connectivity index (χ1v) is 10.9. The minimum absolute atomic E-state index is 0.199. The van der Waals surface area contributed by atoms with Crippen LogP contribution in [0.15, 0.2) is 60.7 Å². The standard InChI is InChI=1S/C26H19ClN4O/c27-25-24-26(29-21(28-25)16-14-19-9-3-1-4-10-19)31(23-13-7-8-18-32-23)22(30-24)17-15-20-11-5-2-6-12-20/h1-6,9-12,23H,7-8,13,18H2. The average Bonchev–Trinajstić information content (AvgIpc) is 3.22. The first-order chi connectivity index (χ1) is 15.8. The van der Waals surface area contributed by atoms with Gasteiger partial charge in [0.2, 0.25) is 5.82 Å². The van der Waals surface area contributed by atoms with Gasteiger partial charge in [-0.15, -0.1) is 0 Å². The van der Waals surface area contributed by atoms with Crippen LogP contribution < -0.4 is 0 Å². The molecule has 6 heteroatoms. The van der Waals surface area contributed by atoms with Crippen LogP contribution in [-0.4, -0.2) is 26.1 Å². The second kappa shape index (κ2) is 9.24. The molecule has 0 spiro atoms. The summed E-state index contributed by atoms with van der Waals surface area (Å²) in [4.78, 5) is 13.7. The first-order valence-electron chi connectivity index (χ1n) is 10.5. The number of ether oxygens (including phenoxy) is 1. The van der Waals surface area contributed by atoms with Gasteiger partial charge in [0.1, 0.15) is 11.7 Å². The van der Waals surface area contributed by atoms with Crippen LogP contribution in [0.2, 0.25) is 5.15 Å². The molecule has 1 aliphatic heterocycles. The Bertz CT molecular complexity index is 1370. The smallest absolute Gasteiger partial charge is 0.208 e. The summed E-state index contributed by atoms with van der Waals surface area (Å²) >= 11 is 6.50. The van der Waals surface area contributed by atoms with E-state index in [0.29, 0.717) is 29.4 Å². The molecule has 1 aliphatic rings. The van der Waals surface area contributed by atoms with Crippen LogP contribution in [0.3, 0.4) is 0 Å². The van der Waals surface area contributed by atoms with Crippen molar-refractivity contribution in [1.82, 2.24) is 19.5 Å². The van der Waals surface area contributed by atoms with Gasteiger partial charge in [0.25, 0.3) is 0 Å².